The number of methoxy groups -OCH3 is 1. The first-order chi connectivity index (χ1) is 8.90. The van der Waals surface area contributed by atoms with Crippen LogP contribution in [0.3, 0.4) is 0 Å². The molecule has 0 bridgehead atoms. The summed E-state index contributed by atoms with van der Waals surface area (Å²) in [6, 6.07) is 8.42. The Morgan fingerprint density at radius 3 is 2.32 bits per heavy atom. The van der Waals surface area contributed by atoms with Crippen molar-refractivity contribution in [1.29, 1.82) is 0 Å². The molecule has 0 fully saturated rings. The Balaban J connectivity index is 2.34. The van der Waals surface area contributed by atoms with Gasteiger partial charge in [0.05, 0.1) is 7.11 Å². The first-order valence-electron chi connectivity index (χ1n) is 7.21. The number of benzene rings is 1. The molecule has 1 unspecified atom stereocenters. The van der Waals surface area contributed by atoms with Crippen LogP contribution in [0.4, 0.5) is 0 Å². The van der Waals surface area contributed by atoms with E-state index in [1.165, 1.54) is 18.4 Å². The molecule has 0 heterocycles. The fraction of sp³-hybridized carbons (Fsp3) is 0.556. The molecule has 0 aliphatic carbocycles. The molecule has 1 nitrogen and oxygen atoms in total. The van der Waals surface area contributed by atoms with Crippen LogP contribution in [0.2, 0.25) is 0 Å². The van der Waals surface area contributed by atoms with E-state index in [0.29, 0.717) is 5.41 Å². The van der Waals surface area contributed by atoms with Gasteiger partial charge in [0.1, 0.15) is 5.75 Å². The third-order valence-corrected chi connectivity index (χ3v) is 3.19. The fourth-order valence-electron chi connectivity index (χ4n) is 2.08. The molecule has 0 spiro atoms. The molecule has 0 N–H and O–H groups in total. The fourth-order valence-corrected chi connectivity index (χ4v) is 2.08. The number of hydrogen-bond donors (Lipinski definition) is 0. The second kappa shape index (κ2) is 7.37. The van der Waals surface area contributed by atoms with Crippen molar-refractivity contribution < 1.29 is 4.74 Å². The van der Waals surface area contributed by atoms with Gasteiger partial charge in [-0.1, -0.05) is 52.0 Å². The Bertz CT molecular complexity index is 381. The second-order valence-electron chi connectivity index (χ2n) is 6.50. The van der Waals surface area contributed by atoms with Crippen LogP contribution in [0.15, 0.2) is 36.4 Å². The highest BCUT2D eigenvalue weighted by Crippen LogP contribution is 2.19. The van der Waals surface area contributed by atoms with E-state index in [0.717, 1.165) is 18.1 Å². The summed E-state index contributed by atoms with van der Waals surface area (Å²) in [7, 11) is 1.71. The lowest BCUT2D eigenvalue weighted by molar-refractivity contribution is 0.414. The average Bonchev–Trinajstić information content (AvgIpc) is 2.34. The summed E-state index contributed by atoms with van der Waals surface area (Å²) < 4.78 is 5.18. The van der Waals surface area contributed by atoms with Gasteiger partial charge >= 0.3 is 0 Å². The van der Waals surface area contributed by atoms with Gasteiger partial charge in [-0.2, -0.15) is 0 Å². The predicted octanol–water partition coefficient (Wildman–Crippen LogP) is 5.26. The Kier molecular flexibility index (Phi) is 6.14. The molecule has 0 aliphatic heterocycles. The molecule has 1 heteroatoms. The molecule has 1 rings (SSSR count). The standard InChI is InChI=1S/C18H28O/c1-15(8-6-7-13-18(2,3)4)14-16-9-11-17(19-5)12-10-16/h7,9-13,15H,6,8,14H2,1-5H3/b13-7+. The zero-order valence-electron chi connectivity index (χ0n) is 13.1. The molecular formula is C18H28O. The maximum absolute atomic E-state index is 5.18. The lowest BCUT2D eigenvalue weighted by Gasteiger charge is -2.13. The number of ether oxygens (including phenoxy) is 1. The molecule has 0 aliphatic rings. The molecule has 1 aromatic carbocycles. The van der Waals surface area contributed by atoms with E-state index in [9.17, 15) is 0 Å². The van der Waals surface area contributed by atoms with Crippen LogP contribution in [0.5, 0.6) is 5.75 Å². The minimum Gasteiger partial charge on any atom is -0.497 e. The van der Waals surface area contributed by atoms with Gasteiger partial charge in [-0.15, -0.1) is 0 Å². The van der Waals surface area contributed by atoms with Crippen molar-refractivity contribution >= 4 is 0 Å². The third-order valence-electron chi connectivity index (χ3n) is 3.19. The van der Waals surface area contributed by atoms with Crippen LogP contribution in [0.1, 0.15) is 46.1 Å². The highest BCUT2D eigenvalue weighted by molar-refractivity contribution is 5.27. The van der Waals surface area contributed by atoms with Gasteiger partial charge in [-0.3, -0.25) is 0 Å². The summed E-state index contributed by atoms with van der Waals surface area (Å²) in [4.78, 5) is 0. The van der Waals surface area contributed by atoms with Gasteiger partial charge in [0.25, 0.3) is 0 Å². The number of rotatable bonds is 6. The Labute approximate surface area is 118 Å². The normalized spacial score (nSPS) is 13.7. The highest BCUT2D eigenvalue weighted by atomic mass is 16.5. The minimum absolute atomic E-state index is 0.305. The third kappa shape index (κ3) is 7.05. The van der Waals surface area contributed by atoms with E-state index >= 15 is 0 Å². The van der Waals surface area contributed by atoms with Gasteiger partial charge in [-0.05, 0) is 48.3 Å². The lowest BCUT2D eigenvalue weighted by atomic mass is 9.93. The molecule has 106 valence electrons. The van der Waals surface area contributed by atoms with E-state index in [1.807, 2.05) is 12.1 Å². The first kappa shape index (κ1) is 15.8. The van der Waals surface area contributed by atoms with Gasteiger partial charge in [0, 0.05) is 0 Å². The van der Waals surface area contributed by atoms with Crippen LogP contribution < -0.4 is 4.74 Å². The van der Waals surface area contributed by atoms with Crippen LogP contribution >= 0.6 is 0 Å². The van der Waals surface area contributed by atoms with Crippen molar-refractivity contribution in [1.82, 2.24) is 0 Å². The van der Waals surface area contributed by atoms with Crippen LogP contribution in [-0.4, -0.2) is 7.11 Å². The van der Waals surface area contributed by atoms with Crippen molar-refractivity contribution in [3.8, 4) is 5.75 Å². The van der Waals surface area contributed by atoms with Crippen molar-refractivity contribution in [2.45, 2.75) is 47.0 Å². The molecule has 1 aromatic rings. The Morgan fingerprint density at radius 1 is 1.16 bits per heavy atom. The molecule has 1 atom stereocenters. The lowest BCUT2D eigenvalue weighted by Crippen LogP contribution is -2.01. The van der Waals surface area contributed by atoms with Crippen LogP contribution in [0.25, 0.3) is 0 Å². The van der Waals surface area contributed by atoms with E-state index in [4.69, 9.17) is 4.74 Å². The van der Waals surface area contributed by atoms with Gasteiger partial charge in [0.2, 0.25) is 0 Å². The van der Waals surface area contributed by atoms with Gasteiger partial charge in [0.15, 0.2) is 0 Å². The second-order valence-corrected chi connectivity index (χ2v) is 6.50. The topological polar surface area (TPSA) is 9.23 Å². The smallest absolute Gasteiger partial charge is 0.118 e. The Morgan fingerprint density at radius 2 is 1.79 bits per heavy atom. The summed E-state index contributed by atoms with van der Waals surface area (Å²) in [5.41, 5.74) is 1.70. The molecule has 0 aromatic heterocycles. The average molecular weight is 260 g/mol. The largest absolute Gasteiger partial charge is 0.497 e. The number of allylic oxidation sites excluding steroid dienone is 2. The maximum atomic E-state index is 5.18. The summed E-state index contributed by atoms with van der Waals surface area (Å²) in [5.74, 6) is 1.66. The molecule has 19 heavy (non-hydrogen) atoms. The predicted molar refractivity (Wildman–Crippen MR) is 83.7 cm³/mol. The van der Waals surface area contributed by atoms with Gasteiger partial charge < -0.3 is 4.74 Å². The van der Waals surface area contributed by atoms with Crippen LogP contribution in [-0.2, 0) is 6.42 Å². The molecule has 0 saturated carbocycles. The zero-order valence-corrected chi connectivity index (χ0v) is 13.1. The van der Waals surface area contributed by atoms with E-state index < -0.39 is 0 Å². The molecule has 0 amide bonds. The number of hydrogen-bond acceptors (Lipinski definition) is 1. The maximum Gasteiger partial charge on any atom is 0.118 e. The summed E-state index contributed by atoms with van der Waals surface area (Å²) in [6.07, 6.45) is 8.21. The highest BCUT2D eigenvalue weighted by Gasteiger charge is 2.05. The van der Waals surface area contributed by atoms with Crippen molar-refractivity contribution in [3.63, 3.8) is 0 Å². The SMILES string of the molecule is COc1ccc(CC(C)CC/C=C/C(C)(C)C)cc1. The Hall–Kier alpha value is -1.24. The zero-order chi connectivity index (χ0) is 14.3. The summed E-state index contributed by atoms with van der Waals surface area (Å²) >= 11 is 0. The van der Waals surface area contributed by atoms with Crippen molar-refractivity contribution in [3.05, 3.63) is 42.0 Å². The minimum atomic E-state index is 0.305. The quantitative estimate of drug-likeness (QED) is 0.634. The van der Waals surface area contributed by atoms with E-state index in [-0.39, 0.29) is 0 Å². The molecule has 0 radical (unpaired) electrons. The van der Waals surface area contributed by atoms with Crippen LogP contribution in [0, 0.1) is 11.3 Å². The molecular weight excluding hydrogens is 232 g/mol. The van der Waals surface area contributed by atoms with E-state index in [1.54, 1.807) is 7.11 Å². The summed E-state index contributed by atoms with van der Waals surface area (Å²) in [5, 5.41) is 0. The molecule has 0 saturated heterocycles. The first-order valence-corrected chi connectivity index (χ1v) is 7.21. The van der Waals surface area contributed by atoms with E-state index in [2.05, 4.69) is 52.0 Å². The van der Waals surface area contributed by atoms with Gasteiger partial charge in [-0.25, -0.2) is 0 Å². The monoisotopic (exact) mass is 260 g/mol. The van der Waals surface area contributed by atoms with Crippen molar-refractivity contribution in [2.24, 2.45) is 11.3 Å². The summed E-state index contributed by atoms with van der Waals surface area (Å²) in [6.45, 7) is 9.05. The van der Waals surface area contributed by atoms with Crippen molar-refractivity contribution in [2.75, 3.05) is 7.11 Å².